The van der Waals surface area contributed by atoms with E-state index in [0.717, 1.165) is 19.4 Å². The summed E-state index contributed by atoms with van der Waals surface area (Å²) in [5, 5.41) is 0. The van der Waals surface area contributed by atoms with Crippen LogP contribution in [0.3, 0.4) is 0 Å². The molecule has 1 aliphatic carbocycles. The van der Waals surface area contributed by atoms with E-state index < -0.39 is 0 Å². The maximum Gasteiger partial charge on any atom is 0.0796 e. The molecule has 1 heteroatoms. The van der Waals surface area contributed by atoms with Crippen molar-refractivity contribution in [2.24, 2.45) is 0 Å². The van der Waals surface area contributed by atoms with Gasteiger partial charge < -0.3 is 4.74 Å². The van der Waals surface area contributed by atoms with E-state index in [4.69, 9.17) is 4.74 Å². The predicted octanol–water partition coefficient (Wildman–Crippen LogP) is 1.66. The van der Waals surface area contributed by atoms with Crippen molar-refractivity contribution in [1.29, 1.82) is 0 Å². The highest BCUT2D eigenvalue weighted by molar-refractivity contribution is 5.22. The molecule has 1 nitrogen and oxygen atoms in total. The van der Waals surface area contributed by atoms with Gasteiger partial charge in [-0.1, -0.05) is 23.8 Å². The fourth-order valence-corrected chi connectivity index (χ4v) is 1.35. The van der Waals surface area contributed by atoms with Gasteiger partial charge in [-0.25, -0.2) is 0 Å². The topological polar surface area (TPSA) is 9.23 Å². The Hall–Kier alpha value is -0.560. The first-order chi connectivity index (χ1) is 4.45. The Morgan fingerprint density at radius 2 is 2.56 bits per heavy atom. The van der Waals surface area contributed by atoms with E-state index in [2.05, 4.69) is 18.2 Å². The van der Waals surface area contributed by atoms with Crippen molar-refractivity contribution < 1.29 is 4.74 Å². The molecular weight excluding hydrogens is 112 g/mol. The molecule has 9 heavy (non-hydrogen) atoms. The van der Waals surface area contributed by atoms with Crippen LogP contribution < -0.4 is 0 Å². The summed E-state index contributed by atoms with van der Waals surface area (Å²) in [6.45, 7) is 0.918. The summed E-state index contributed by atoms with van der Waals surface area (Å²) in [6, 6.07) is 0. The van der Waals surface area contributed by atoms with Crippen LogP contribution in [0.15, 0.2) is 23.8 Å². The number of hydrogen-bond donors (Lipinski definition) is 0. The molecule has 0 N–H and O–H groups in total. The minimum absolute atomic E-state index is 0.402. The lowest BCUT2D eigenvalue weighted by Gasteiger charge is -2.24. The Labute approximate surface area is 55.0 Å². The first-order valence-corrected chi connectivity index (χ1v) is 3.43. The van der Waals surface area contributed by atoms with Crippen LogP contribution >= 0.6 is 0 Å². The molecule has 0 spiro atoms. The summed E-state index contributed by atoms with van der Waals surface area (Å²) < 4.78 is 5.42. The maximum absolute atomic E-state index is 5.42. The summed E-state index contributed by atoms with van der Waals surface area (Å²) in [6.07, 6.45) is 9.11. The number of fused-ring (bicyclic) bond motifs is 2. The van der Waals surface area contributed by atoms with Crippen LogP contribution in [0.2, 0.25) is 0 Å². The van der Waals surface area contributed by atoms with Crippen LogP contribution in [0.5, 0.6) is 0 Å². The minimum atomic E-state index is 0.402. The van der Waals surface area contributed by atoms with Crippen molar-refractivity contribution in [1.82, 2.24) is 0 Å². The Morgan fingerprint density at radius 1 is 1.56 bits per heavy atom. The number of hydrogen-bond acceptors (Lipinski definition) is 1. The van der Waals surface area contributed by atoms with Gasteiger partial charge in [0, 0.05) is 0 Å². The molecular formula is C8H10O. The van der Waals surface area contributed by atoms with Gasteiger partial charge in [-0.15, -0.1) is 0 Å². The highest BCUT2D eigenvalue weighted by Gasteiger charge is 2.16. The lowest BCUT2D eigenvalue weighted by Crippen LogP contribution is -2.19. The number of ether oxygens (including phenoxy) is 1. The molecule has 1 heterocycles. The zero-order valence-corrected chi connectivity index (χ0v) is 5.34. The van der Waals surface area contributed by atoms with E-state index in [-0.39, 0.29) is 0 Å². The van der Waals surface area contributed by atoms with Crippen molar-refractivity contribution >= 4 is 0 Å². The van der Waals surface area contributed by atoms with Gasteiger partial charge in [-0.3, -0.25) is 0 Å². The van der Waals surface area contributed by atoms with Crippen molar-refractivity contribution in [3.63, 3.8) is 0 Å². The van der Waals surface area contributed by atoms with Gasteiger partial charge in [0.15, 0.2) is 0 Å². The van der Waals surface area contributed by atoms with Gasteiger partial charge in [0.2, 0.25) is 0 Å². The Morgan fingerprint density at radius 3 is 3.33 bits per heavy atom. The molecule has 0 radical (unpaired) electrons. The zero-order chi connectivity index (χ0) is 6.10. The second-order valence-electron chi connectivity index (χ2n) is 2.57. The predicted molar refractivity (Wildman–Crippen MR) is 36.2 cm³/mol. The first-order valence-electron chi connectivity index (χ1n) is 3.43. The number of allylic oxidation sites excluding steroid dienone is 2. The van der Waals surface area contributed by atoms with E-state index in [0.29, 0.717) is 6.10 Å². The monoisotopic (exact) mass is 122 g/mol. The molecule has 2 bridgehead atoms. The highest BCUT2D eigenvalue weighted by Crippen LogP contribution is 2.23. The third-order valence-corrected chi connectivity index (χ3v) is 1.88. The molecule has 0 aromatic carbocycles. The van der Waals surface area contributed by atoms with Crippen molar-refractivity contribution in [3.8, 4) is 0 Å². The SMILES string of the molecule is C1=CC2CC(=C1)CCO2. The van der Waals surface area contributed by atoms with E-state index in [1.54, 1.807) is 5.57 Å². The smallest absolute Gasteiger partial charge is 0.0796 e. The van der Waals surface area contributed by atoms with Crippen LogP contribution in [0, 0.1) is 0 Å². The van der Waals surface area contributed by atoms with Crippen molar-refractivity contribution in [2.75, 3.05) is 6.61 Å². The molecule has 1 atom stereocenters. The maximum atomic E-state index is 5.42. The van der Waals surface area contributed by atoms with E-state index >= 15 is 0 Å². The van der Waals surface area contributed by atoms with Gasteiger partial charge in [-0.2, -0.15) is 0 Å². The normalized spacial score (nSPS) is 32.0. The van der Waals surface area contributed by atoms with Gasteiger partial charge in [-0.05, 0) is 12.8 Å². The molecule has 1 saturated heterocycles. The van der Waals surface area contributed by atoms with Crippen LogP contribution in [0.1, 0.15) is 12.8 Å². The second kappa shape index (κ2) is 1.99. The fraction of sp³-hybridized carbons (Fsp3) is 0.500. The third kappa shape index (κ3) is 0.924. The Kier molecular flexibility index (Phi) is 1.16. The standard InChI is InChI=1S/C8H10O/c1-2-7-4-5-9-8(3-1)6-7/h1-3,8H,4-6H2. The molecule has 48 valence electrons. The molecule has 0 saturated carbocycles. The first kappa shape index (κ1) is 5.24. The summed E-state index contributed by atoms with van der Waals surface area (Å²) >= 11 is 0. The lowest BCUT2D eigenvalue weighted by atomic mass is 9.98. The molecule has 0 aromatic rings. The quantitative estimate of drug-likeness (QED) is 0.475. The lowest BCUT2D eigenvalue weighted by molar-refractivity contribution is 0.0659. The van der Waals surface area contributed by atoms with Gasteiger partial charge in [0.05, 0.1) is 12.7 Å². The van der Waals surface area contributed by atoms with E-state index in [1.807, 2.05) is 0 Å². The third-order valence-electron chi connectivity index (χ3n) is 1.88. The largest absolute Gasteiger partial charge is 0.373 e. The van der Waals surface area contributed by atoms with Gasteiger partial charge in [0.1, 0.15) is 0 Å². The highest BCUT2D eigenvalue weighted by atomic mass is 16.5. The van der Waals surface area contributed by atoms with E-state index in [9.17, 15) is 0 Å². The summed E-state index contributed by atoms with van der Waals surface area (Å²) in [4.78, 5) is 0. The summed E-state index contributed by atoms with van der Waals surface area (Å²) in [5.74, 6) is 0. The molecule has 1 aliphatic heterocycles. The van der Waals surface area contributed by atoms with Crippen LogP contribution in [-0.2, 0) is 4.74 Å². The molecule has 2 aliphatic rings. The van der Waals surface area contributed by atoms with Gasteiger partial charge in [0.25, 0.3) is 0 Å². The van der Waals surface area contributed by atoms with Crippen LogP contribution in [0.25, 0.3) is 0 Å². The van der Waals surface area contributed by atoms with Gasteiger partial charge >= 0.3 is 0 Å². The molecule has 1 fully saturated rings. The molecule has 0 aromatic heterocycles. The average Bonchev–Trinajstić information content (AvgIpc) is 1.88. The molecule has 1 unspecified atom stereocenters. The summed E-state index contributed by atoms with van der Waals surface area (Å²) in [7, 11) is 0. The van der Waals surface area contributed by atoms with Crippen molar-refractivity contribution in [3.05, 3.63) is 23.8 Å². The average molecular weight is 122 g/mol. The minimum Gasteiger partial charge on any atom is -0.373 e. The summed E-state index contributed by atoms with van der Waals surface area (Å²) in [5.41, 5.74) is 1.55. The van der Waals surface area contributed by atoms with E-state index in [1.165, 1.54) is 0 Å². The van der Waals surface area contributed by atoms with Crippen molar-refractivity contribution in [2.45, 2.75) is 18.9 Å². The van der Waals surface area contributed by atoms with Crippen LogP contribution in [-0.4, -0.2) is 12.7 Å². The molecule has 0 amide bonds. The second-order valence-corrected chi connectivity index (χ2v) is 2.57. The Bertz CT molecular complexity index is 167. The fourth-order valence-electron chi connectivity index (χ4n) is 1.35. The Balaban J connectivity index is 2.22. The zero-order valence-electron chi connectivity index (χ0n) is 5.34. The number of rotatable bonds is 0. The van der Waals surface area contributed by atoms with Crippen LogP contribution in [0.4, 0.5) is 0 Å². The molecule has 2 rings (SSSR count).